The van der Waals surface area contributed by atoms with Gasteiger partial charge in [0.25, 0.3) is 5.91 Å². The fourth-order valence-corrected chi connectivity index (χ4v) is 2.73. The summed E-state index contributed by atoms with van der Waals surface area (Å²) in [7, 11) is 0. The van der Waals surface area contributed by atoms with Gasteiger partial charge < -0.3 is 10.1 Å². The number of benzene rings is 2. The normalized spacial score (nSPS) is 10.8. The third kappa shape index (κ3) is 3.98. The van der Waals surface area contributed by atoms with Gasteiger partial charge >= 0.3 is 0 Å². The number of carbonyl (C=O) groups is 1. The van der Waals surface area contributed by atoms with Crippen LogP contribution in [0, 0.1) is 5.82 Å². The molecule has 2 aromatic carbocycles. The molecule has 2 heterocycles. The van der Waals surface area contributed by atoms with Crippen LogP contribution in [0.15, 0.2) is 73.2 Å². The van der Waals surface area contributed by atoms with Crippen molar-refractivity contribution in [3.05, 3.63) is 95.8 Å². The first-order valence-corrected chi connectivity index (χ1v) is 8.72. The van der Waals surface area contributed by atoms with Gasteiger partial charge in [0.2, 0.25) is 5.78 Å². The van der Waals surface area contributed by atoms with E-state index >= 15 is 0 Å². The van der Waals surface area contributed by atoms with Crippen LogP contribution in [-0.2, 0) is 13.2 Å². The first kappa shape index (κ1) is 17.7. The molecular formula is C21H17FN4O2. The van der Waals surface area contributed by atoms with Crippen LogP contribution in [0.2, 0.25) is 0 Å². The summed E-state index contributed by atoms with van der Waals surface area (Å²) in [4.78, 5) is 20.6. The first-order chi connectivity index (χ1) is 13.7. The maximum Gasteiger partial charge on any atom is 0.271 e. The summed E-state index contributed by atoms with van der Waals surface area (Å²) in [5, 5.41) is 2.83. The average molecular weight is 376 g/mol. The zero-order valence-corrected chi connectivity index (χ0v) is 14.9. The van der Waals surface area contributed by atoms with E-state index in [1.54, 1.807) is 53.3 Å². The number of hydrogen-bond donors (Lipinski definition) is 1. The molecule has 0 saturated carbocycles. The number of carbonyl (C=O) groups excluding carboxylic acids is 1. The topological polar surface area (TPSA) is 68.5 Å². The second-order valence-electron chi connectivity index (χ2n) is 6.16. The van der Waals surface area contributed by atoms with Gasteiger partial charge in [0, 0.05) is 30.7 Å². The van der Waals surface area contributed by atoms with Crippen LogP contribution in [0.5, 0.6) is 5.75 Å². The summed E-state index contributed by atoms with van der Waals surface area (Å²) >= 11 is 0. The fourth-order valence-electron chi connectivity index (χ4n) is 2.73. The number of halogens is 1. The van der Waals surface area contributed by atoms with Crippen LogP contribution in [-0.4, -0.2) is 20.3 Å². The van der Waals surface area contributed by atoms with Crippen molar-refractivity contribution in [2.45, 2.75) is 13.2 Å². The van der Waals surface area contributed by atoms with Crippen LogP contribution in [0.25, 0.3) is 5.78 Å². The Morgan fingerprint density at radius 3 is 2.89 bits per heavy atom. The average Bonchev–Trinajstić information content (AvgIpc) is 3.16. The molecule has 7 heteroatoms. The molecule has 1 amide bonds. The lowest BCUT2D eigenvalue weighted by Crippen LogP contribution is -2.23. The highest BCUT2D eigenvalue weighted by atomic mass is 19.1. The molecule has 0 unspecified atom stereocenters. The van der Waals surface area contributed by atoms with Crippen LogP contribution >= 0.6 is 0 Å². The number of nitrogens with one attached hydrogen (secondary N) is 1. The molecular weight excluding hydrogens is 359 g/mol. The van der Waals surface area contributed by atoms with E-state index in [2.05, 4.69) is 15.3 Å². The monoisotopic (exact) mass is 376 g/mol. The molecule has 0 aliphatic carbocycles. The summed E-state index contributed by atoms with van der Waals surface area (Å²) in [6.45, 7) is 0.452. The van der Waals surface area contributed by atoms with Crippen molar-refractivity contribution >= 4 is 11.7 Å². The minimum absolute atomic E-state index is 0.136. The van der Waals surface area contributed by atoms with E-state index < -0.39 is 0 Å². The first-order valence-electron chi connectivity index (χ1n) is 8.72. The maximum absolute atomic E-state index is 13.7. The van der Waals surface area contributed by atoms with Gasteiger partial charge in [0.1, 0.15) is 23.9 Å². The van der Waals surface area contributed by atoms with E-state index in [9.17, 15) is 9.18 Å². The Morgan fingerprint density at radius 2 is 2.04 bits per heavy atom. The van der Waals surface area contributed by atoms with Crippen LogP contribution in [0.3, 0.4) is 0 Å². The van der Waals surface area contributed by atoms with Crippen molar-refractivity contribution in [1.82, 2.24) is 19.7 Å². The number of rotatable bonds is 6. The molecule has 0 saturated heterocycles. The van der Waals surface area contributed by atoms with E-state index in [4.69, 9.17) is 4.74 Å². The van der Waals surface area contributed by atoms with Gasteiger partial charge in [-0.05, 0) is 29.8 Å². The lowest BCUT2D eigenvalue weighted by molar-refractivity contribution is 0.0946. The summed E-state index contributed by atoms with van der Waals surface area (Å²) in [5.74, 6) is 0.485. The van der Waals surface area contributed by atoms with Gasteiger partial charge in [-0.15, -0.1) is 0 Å². The number of aromatic nitrogens is 3. The number of amides is 1. The van der Waals surface area contributed by atoms with Crippen molar-refractivity contribution in [3.63, 3.8) is 0 Å². The van der Waals surface area contributed by atoms with Gasteiger partial charge in [0.05, 0.1) is 0 Å². The summed E-state index contributed by atoms with van der Waals surface area (Å²) < 4.78 is 21.0. The van der Waals surface area contributed by atoms with E-state index in [1.165, 1.54) is 6.07 Å². The quantitative estimate of drug-likeness (QED) is 0.560. The number of hydrogen-bond acceptors (Lipinski definition) is 4. The third-order valence-corrected chi connectivity index (χ3v) is 4.17. The molecule has 6 nitrogen and oxygen atoms in total. The summed E-state index contributed by atoms with van der Waals surface area (Å²) in [5.41, 5.74) is 1.65. The summed E-state index contributed by atoms with van der Waals surface area (Å²) in [6, 6.07) is 15.6. The number of ether oxygens (including phenoxy) is 1. The van der Waals surface area contributed by atoms with Crippen molar-refractivity contribution in [1.29, 1.82) is 0 Å². The van der Waals surface area contributed by atoms with Gasteiger partial charge in [-0.3, -0.25) is 9.20 Å². The Kier molecular flexibility index (Phi) is 4.97. The fraction of sp³-hybridized carbons (Fsp3) is 0.0952. The molecule has 4 rings (SSSR count). The highest BCUT2D eigenvalue weighted by Crippen LogP contribution is 2.16. The molecule has 0 bridgehead atoms. The molecule has 1 N–H and O–H groups in total. The van der Waals surface area contributed by atoms with Crippen molar-refractivity contribution in [2.24, 2.45) is 0 Å². The molecule has 0 atom stereocenters. The molecule has 0 aliphatic rings. The number of nitrogens with zero attached hydrogens (tertiary/aromatic N) is 3. The number of imidazole rings is 1. The lowest BCUT2D eigenvalue weighted by atomic mass is 10.2. The van der Waals surface area contributed by atoms with Crippen LogP contribution in [0.1, 0.15) is 21.6 Å². The third-order valence-electron chi connectivity index (χ3n) is 4.17. The Balaban J connectivity index is 1.38. The highest BCUT2D eigenvalue weighted by molar-refractivity contribution is 5.92. The molecule has 2 aromatic heterocycles. The molecule has 4 aromatic rings. The van der Waals surface area contributed by atoms with Crippen molar-refractivity contribution in [2.75, 3.05) is 0 Å². The Bertz CT molecular complexity index is 1090. The molecule has 0 fully saturated rings. The second-order valence-corrected chi connectivity index (χ2v) is 6.16. The second kappa shape index (κ2) is 7.87. The Hall–Kier alpha value is -3.74. The molecule has 0 aliphatic heterocycles. The van der Waals surface area contributed by atoms with E-state index in [-0.39, 0.29) is 18.3 Å². The van der Waals surface area contributed by atoms with E-state index in [0.29, 0.717) is 29.3 Å². The Labute approximate surface area is 160 Å². The minimum atomic E-state index is -0.298. The Morgan fingerprint density at radius 1 is 1.14 bits per heavy atom. The number of fused-ring (bicyclic) bond motifs is 1. The van der Waals surface area contributed by atoms with Crippen molar-refractivity contribution in [3.8, 4) is 5.75 Å². The largest absolute Gasteiger partial charge is 0.489 e. The zero-order chi connectivity index (χ0) is 19.3. The molecule has 0 spiro atoms. The predicted molar refractivity (Wildman–Crippen MR) is 101 cm³/mol. The van der Waals surface area contributed by atoms with Gasteiger partial charge in [-0.1, -0.05) is 30.3 Å². The molecule has 0 radical (unpaired) electrons. The zero-order valence-electron chi connectivity index (χ0n) is 14.9. The van der Waals surface area contributed by atoms with E-state index in [0.717, 1.165) is 5.56 Å². The van der Waals surface area contributed by atoms with Gasteiger partial charge in [-0.25, -0.2) is 14.4 Å². The SMILES string of the molecule is O=C(NCc1cccc(OCc2ccccc2F)c1)c1cn2cccnc2n1. The smallest absolute Gasteiger partial charge is 0.271 e. The van der Waals surface area contributed by atoms with Crippen molar-refractivity contribution < 1.29 is 13.9 Å². The summed E-state index contributed by atoms with van der Waals surface area (Å²) in [6.07, 6.45) is 5.03. The molecule has 28 heavy (non-hydrogen) atoms. The van der Waals surface area contributed by atoms with Gasteiger partial charge in [0.15, 0.2) is 0 Å². The maximum atomic E-state index is 13.7. The van der Waals surface area contributed by atoms with E-state index in [1.807, 2.05) is 18.2 Å². The molecule has 140 valence electrons. The minimum Gasteiger partial charge on any atom is -0.489 e. The van der Waals surface area contributed by atoms with Crippen LogP contribution < -0.4 is 10.1 Å². The van der Waals surface area contributed by atoms with Crippen LogP contribution in [0.4, 0.5) is 4.39 Å². The predicted octanol–water partition coefficient (Wildman–Crippen LogP) is 3.38. The highest BCUT2D eigenvalue weighted by Gasteiger charge is 2.11. The lowest BCUT2D eigenvalue weighted by Gasteiger charge is -2.09. The standard InChI is InChI=1S/C21H17FN4O2/c22-18-8-2-1-6-16(18)14-28-17-7-3-5-15(11-17)12-24-20(27)19-13-26-10-4-9-23-21(26)25-19/h1-11,13H,12,14H2,(H,24,27). The van der Waals surface area contributed by atoms with Gasteiger partial charge in [-0.2, -0.15) is 0 Å².